The first-order chi connectivity index (χ1) is 12.9. The van der Waals surface area contributed by atoms with Gasteiger partial charge in [-0.05, 0) is 24.3 Å². The fourth-order valence-electron chi connectivity index (χ4n) is 3.01. The van der Waals surface area contributed by atoms with Crippen LogP contribution in [-0.2, 0) is 25.5 Å². The highest BCUT2D eigenvalue weighted by atomic mass is 16.5. The minimum absolute atomic E-state index is 0.0980. The Kier molecular flexibility index (Phi) is 8.17. The molecule has 28 heavy (non-hydrogen) atoms. The number of benzene rings is 1. The first-order valence-corrected chi connectivity index (χ1v) is 9.32. The van der Waals surface area contributed by atoms with Crippen LogP contribution in [0.15, 0.2) is 30.3 Å². The van der Waals surface area contributed by atoms with E-state index in [2.05, 4.69) is 0 Å². The molecule has 0 aromatic heterocycles. The van der Waals surface area contributed by atoms with Gasteiger partial charge in [0.1, 0.15) is 5.54 Å². The van der Waals surface area contributed by atoms with Gasteiger partial charge >= 0.3 is 11.9 Å². The molecule has 7 nitrogen and oxygen atoms in total. The summed E-state index contributed by atoms with van der Waals surface area (Å²) in [7, 11) is 1.27. The maximum Gasteiger partial charge on any atom is 0.331 e. The van der Waals surface area contributed by atoms with Crippen LogP contribution in [0.5, 0.6) is 0 Å². The number of aliphatic carboxylic acids is 1. The van der Waals surface area contributed by atoms with E-state index >= 15 is 0 Å². The molecule has 1 rings (SSSR count). The summed E-state index contributed by atoms with van der Waals surface area (Å²) in [6.45, 7) is 7.98. The highest BCUT2D eigenvalue weighted by Gasteiger charge is 2.45. The molecule has 0 spiro atoms. The number of rotatable bonds is 9. The number of amides is 1. The van der Waals surface area contributed by atoms with E-state index in [1.54, 1.807) is 6.92 Å². The van der Waals surface area contributed by atoms with Crippen molar-refractivity contribution in [3.8, 4) is 0 Å². The Hall–Kier alpha value is -2.41. The average Bonchev–Trinajstić information content (AvgIpc) is 2.60. The number of hydrogen-bond acceptors (Lipinski definition) is 5. The lowest BCUT2D eigenvalue weighted by molar-refractivity contribution is -0.162. The largest absolute Gasteiger partial charge is 0.481 e. The van der Waals surface area contributed by atoms with Crippen LogP contribution in [-0.4, -0.2) is 53.1 Å². The van der Waals surface area contributed by atoms with Crippen LogP contribution >= 0.6 is 0 Å². The summed E-state index contributed by atoms with van der Waals surface area (Å²) in [6, 6.07) is 8.06. The lowest BCUT2D eigenvalue weighted by atomic mass is 9.87. The molecule has 0 heterocycles. The van der Waals surface area contributed by atoms with E-state index in [1.807, 2.05) is 51.1 Å². The van der Waals surface area contributed by atoms with Gasteiger partial charge in [0.05, 0.1) is 19.6 Å². The van der Waals surface area contributed by atoms with Crippen molar-refractivity contribution in [3.05, 3.63) is 35.9 Å². The van der Waals surface area contributed by atoms with Crippen LogP contribution in [0, 0.1) is 5.41 Å². The molecule has 7 heteroatoms. The molecule has 0 unspecified atom stereocenters. The fourth-order valence-corrected chi connectivity index (χ4v) is 3.01. The van der Waals surface area contributed by atoms with E-state index < -0.39 is 35.8 Å². The fraction of sp³-hybridized carbons (Fsp3) is 0.571. The van der Waals surface area contributed by atoms with Gasteiger partial charge in [-0.15, -0.1) is 0 Å². The van der Waals surface area contributed by atoms with Crippen molar-refractivity contribution in [1.82, 2.24) is 4.90 Å². The number of esters is 1. The van der Waals surface area contributed by atoms with Gasteiger partial charge in [0, 0.05) is 13.0 Å². The van der Waals surface area contributed by atoms with Gasteiger partial charge in [0.2, 0.25) is 5.91 Å². The Morgan fingerprint density at radius 1 is 1.14 bits per heavy atom. The third-order valence-corrected chi connectivity index (χ3v) is 4.68. The third kappa shape index (κ3) is 6.64. The van der Waals surface area contributed by atoms with E-state index in [0.29, 0.717) is 6.42 Å². The standard InChI is InChI=1S/C21H32N2O5/c1-20(2,3)11-12-23(18(26)16(22)13-17(24)25)21(4,19(27)28-5)14-15-9-7-6-8-10-15/h6-10,16H,11-14,22H2,1-5H3,(H,24,25)/t16-,21-/m0/s1. The summed E-state index contributed by atoms with van der Waals surface area (Å²) in [5, 5.41) is 9.02. The van der Waals surface area contributed by atoms with E-state index in [9.17, 15) is 14.4 Å². The number of hydrogen-bond donors (Lipinski definition) is 2. The number of carboxylic acid groups (broad SMARTS) is 1. The average molecular weight is 392 g/mol. The zero-order valence-corrected chi connectivity index (χ0v) is 17.4. The molecule has 1 aromatic carbocycles. The minimum atomic E-state index is -1.31. The summed E-state index contributed by atoms with van der Waals surface area (Å²) < 4.78 is 5.02. The van der Waals surface area contributed by atoms with Crippen molar-refractivity contribution < 1.29 is 24.2 Å². The molecular formula is C21H32N2O5. The molecule has 3 N–H and O–H groups in total. The second-order valence-electron chi connectivity index (χ2n) is 8.43. The van der Waals surface area contributed by atoms with E-state index in [0.717, 1.165) is 5.56 Å². The molecule has 0 fully saturated rings. The predicted molar refractivity (Wildman–Crippen MR) is 107 cm³/mol. The third-order valence-electron chi connectivity index (χ3n) is 4.68. The Labute approximate surface area is 166 Å². The van der Waals surface area contributed by atoms with Gasteiger partial charge in [-0.3, -0.25) is 9.59 Å². The number of carbonyl (C=O) groups is 3. The normalized spacial score (nSPS) is 14.6. The number of carbonyl (C=O) groups excluding carboxylic acids is 2. The van der Waals surface area contributed by atoms with Crippen LogP contribution in [0.2, 0.25) is 0 Å². The van der Waals surface area contributed by atoms with E-state index in [1.165, 1.54) is 12.0 Å². The van der Waals surface area contributed by atoms with Gasteiger partial charge in [-0.25, -0.2) is 4.79 Å². The van der Waals surface area contributed by atoms with Crippen molar-refractivity contribution in [2.24, 2.45) is 11.1 Å². The predicted octanol–water partition coefficient (Wildman–Crippen LogP) is 2.23. The van der Waals surface area contributed by atoms with Gasteiger partial charge in [-0.1, -0.05) is 51.1 Å². The van der Waals surface area contributed by atoms with Crippen molar-refractivity contribution in [2.45, 2.75) is 58.5 Å². The van der Waals surface area contributed by atoms with Crippen molar-refractivity contribution in [1.29, 1.82) is 0 Å². The monoisotopic (exact) mass is 392 g/mol. The minimum Gasteiger partial charge on any atom is -0.481 e. The molecule has 0 radical (unpaired) electrons. The quantitative estimate of drug-likeness (QED) is 0.624. The van der Waals surface area contributed by atoms with Crippen molar-refractivity contribution >= 4 is 17.8 Å². The summed E-state index contributed by atoms with van der Waals surface area (Å²) in [5.74, 6) is -2.31. The zero-order chi connectivity index (χ0) is 21.5. The maximum absolute atomic E-state index is 13.1. The molecule has 0 aliphatic carbocycles. The zero-order valence-electron chi connectivity index (χ0n) is 17.4. The van der Waals surface area contributed by atoms with Gasteiger partial charge < -0.3 is 20.5 Å². The second-order valence-corrected chi connectivity index (χ2v) is 8.43. The summed E-state index contributed by atoms with van der Waals surface area (Å²) in [6.07, 6.45) is 0.337. The second kappa shape index (κ2) is 9.68. The van der Waals surface area contributed by atoms with Crippen molar-refractivity contribution in [3.63, 3.8) is 0 Å². The molecular weight excluding hydrogens is 360 g/mol. The van der Waals surface area contributed by atoms with E-state index in [4.69, 9.17) is 15.6 Å². The topological polar surface area (TPSA) is 110 Å². The SMILES string of the molecule is COC(=O)[C@](C)(Cc1ccccc1)N(CCC(C)(C)C)C(=O)[C@@H](N)CC(=O)O. The number of methoxy groups -OCH3 is 1. The van der Waals surface area contributed by atoms with Crippen LogP contribution in [0.25, 0.3) is 0 Å². The Balaban J connectivity index is 3.33. The van der Waals surface area contributed by atoms with Crippen LogP contribution in [0.1, 0.15) is 46.1 Å². The highest BCUT2D eigenvalue weighted by molar-refractivity contribution is 5.92. The summed E-state index contributed by atoms with van der Waals surface area (Å²) in [5.41, 5.74) is 5.31. The maximum atomic E-state index is 13.1. The van der Waals surface area contributed by atoms with Crippen LogP contribution < -0.4 is 5.73 Å². The first kappa shape index (κ1) is 23.6. The van der Waals surface area contributed by atoms with Crippen molar-refractivity contribution in [2.75, 3.05) is 13.7 Å². The molecule has 2 atom stereocenters. The van der Waals surface area contributed by atoms with Gasteiger partial charge in [0.25, 0.3) is 0 Å². The summed E-state index contributed by atoms with van der Waals surface area (Å²) >= 11 is 0. The highest BCUT2D eigenvalue weighted by Crippen LogP contribution is 2.27. The Bertz CT molecular complexity index is 684. The van der Waals surface area contributed by atoms with Gasteiger partial charge in [-0.2, -0.15) is 0 Å². The Morgan fingerprint density at radius 2 is 1.71 bits per heavy atom. The lowest BCUT2D eigenvalue weighted by Crippen LogP contribution is -2.61. The molecule has 1 aromatic rings. The van der Waals surface area contributed by atoms with E-state index in [-0.39, 0.29) is 18.4 Å². The number of ether oxygens (including phenoxy) is 1. The Morgan fingerprint density at radius 3 is 2.18 bits per heavy atom. The molecule has 156 valence electrons. The smallest absolute Gasteiger partial charge is 0.331 e. The number of nitrogens with two attached hydrogens (primary N) is 1. The van der Waals surface area contributed by atoms with Crippen LogP contribution in [0.3, 0.4) is 0 Å². The molecule has 0 saturated carbocycles. The molecule has 0 saturated heterocycles. The van der Waals surface area contributed by atoms with Crippen LogP contribution in [0.4, 0.5) is 0 Å². The number of carboxylic acids is 1. The summed E-state index contributed by atoms with van der Waals surface area (Å²) in [4.78, 5) is 38.3. The number of nitrogens with zero attached hydrogens (tertiary/aromatic N) is 1. The molecule has 0 bridgehead atoms. The molecule has 0 aliphatic rings. The van der Waals surface area contributed by atoms with Gasteiger partial charge in [0.15, 0.2) is 0 Å². The molecule has 0 aliphatic heterocycles. The lowest BCUT2D eigenvalue weighted by Gasteiger charge is -2.41. The molecule has 1 amide bonds. The first-order valence-electron chi connectivity index (χ1n) is 9.32.